The van der Waals surface area contributed by atoms with E-state index in [1.165, 1.54) is 18.6 Å². The van der Waals surface area contributed by atoms with Crippen molar-refractivity contribution in [2.24, 2.45) is 0 Å². The summed E-state index contributed by atoms with van der Waals surface area (Å²) in [5.74, 6) is -0.231. The van der Waals surface area contributed by atoms with Crippen molar-refractivity contribution in [3.05, 3.63) is 40.2 Å². The zero-order valence-corrected chi connectivity index (χ0v) is 11.8. The summed E-state index contributed by atoms with van der Waals surface area (Å²) in [6.07, 6.45) is 1.57. The van der Waals surface area contributed by atoms with Gasteiger partial charge in [0.15, 0.2) is 0 Å². The van der Waals surface area contributed by atoms with Gasteiger partial charge in [0.2, 0.25) is 5.88 Å². The van der Waals surface area contributed by atoms with Crippen molar-refractivity contribution < 1.29 is 23.0 Å². The fourth-order valence-electron chi connectivity index (χ4n) is 1.65. The van der Waals surface area contributed by atoms with E-state index in [-0.39, 0.29) is 17.2 Å². The molecule has 0 aliphatic heterocycles. The fourth-order valence-corrected chi connectivity index (χ4v) is 2.39. The minimum absolute atomic E-state index is 0.0955. The van der Waals surface area contributed by atoms with Crippen molar-refractivity contribution in [2.75, 3.05) is 7.11 Å². The Morgan fingerprint density at radius 1 is 1.48 bits per heavy atom. The highest BCUT2D eigenvalue weighted by molar-refractivity contribution is 7.12. The first-order valence-electron chi connectivity index (χ1n) is 5.90. The van der Waals surface area contributed by atoms with E-state index in [1.54, 1.807) is 18.3 Å². The Labute approximate surface area is 123 Å². The fraction of sp³-hybridized carbons (Fsp3) is 0.231. The summed E-state index contributed by atoms with van der Waals surface area (Å²) in [5.41, 5.74) is 0.682. The number of nitrogens with one attached hydrogen (secondary N) is 1. The maximum absolute atomic E-state index is 12.2. The molecule has 2 rings (SSSR count). The Morgan fingerprint density at radius 2 is 2.29 bits per heavy atom. The number of nitrogens with zero attached hydrogens (tertiary/aromatic N) is 1. The highest BCUT2D eigenvalue weighted by Gasteiger charge is 2.17. The normalized spacial score (nSPS) is 10.5. The molecule has 0 aromatic carbocycles. The number of alkyl halides is 2. The third kappa shape index (κ3) is 3.88. The van der Waals surface area contributed by atoms with Crippen LogP contribution in [0.15, 0.2) is 29.8 Å². The van der Waals surface area contributed by atoms with E-state index in [4.69, 9.17) is 4.74 Å². The number of hydrogen-bond acceptors (Lipinski definition) is 5. The van der Waals surface area contributed by atoms with E-state index < -0.39 is 12.5 Å². The summed E-state index contributed by atoms with van der Waals surface area (Å²) < 4.78 is 33.8. The van der Waals surface area contributed by atoms with Crippen molar-refractivity contribution >= 4 is 17.2 Å². The van der Waals surface area contributed by atoms with Crippen LogP contribution in [0.2, 0.25) is 0 Å². The van der Waals surface area contributed by atoms with Crippen LogP contribution in [-0.4, -0.2) is 24.6 Å². The first kappa shape index (κ1) is 15.2. The number of halogens is 2. The molecule has 0 atom stereocenters. The van der Waals surface area contributed by atoms with E-state index in [0.717, 1.165) is 11.3 Å². The van der Waals surface area contributed by atoms with Crippen LogP contribution in [0.3, 0.4) is 0 Å². The molecule has 21 heavy (non-hydrogen) atoms. The number of pyridine rings is 1. The van der Waals surface area contributed by atoms with Crippen LogP contribution in [0.5, 0.6) is 11.6 Å². The number of aromatic nitrogens is 1. The third-order valence-corrected chi connectivity index (χ3v) is 3.43. The largest absolute Gasteiger partial charge is 0.481 e. The lowest BCUT2D eigenvalue weighted by molar-refractivity contribution is -0.0498. The summed E-state index contributed by atoms with van der Waals surface area (Å²) in [6, 6.07) is 4.79. The number of carbonyl (C=O) groups excluding carboxylic acids is 1. The summed E-state index contributed by atoms with van der Waals surface area (Å²) >= 11 is 1.03. The summed E-state index contributed by atoms with van der Waals surface area (Å²) in [6.45, 7) is -2.80. The molecule has 0 fully saturated rings. The highest BCUT2D eigenvalue weighted by Crippen LogP contribution is 2.26. The average Bonchev–Trinajstić information content (AvgIpc) is 2.92. The molecule has 0 spiro atoms. The molecule has 0 saturated heterocycles. The lowest BCUT2D eigenvalue weighted by Gasteiger charge is -2.09. The van der Waals surface area contributed by atoms with E-state index >= 15 is 0 Å². The predicted octanol–water partition coefficient (Wildman–Crippen LogP) is 2.68. The minimum atomic E-state index is -2.97. The third-order valence-electron chi connectivity index (χ3n) is 2.53. The van der Waals surface area contributed by atoms with Gasteiger partial charge in [0, 0.05) is 18.3 Å². The van der Waals surface area contributed by atoms with Gasteiger partial charge in [-0.25, -0.2) is 4.98 Å². The summed E-state index contributed by atoms with van der Waals surface area (Å²) in [4.78, 5) is 16.1. The lowest BCUT2D eigenvalue weighted by atomic mass is 10.2. The standard InChI is InChI=1S/C13H12F2N2O3S/c1-19-12-8(3-2-5-16-12)7-17-11(18)10-9(4-6-21-10)20-13(14)15/h2-6,13H,7H2,1H3,(H,17,18). The number of amides is 1. The van der Waals surface area contributed by atoms with Gasteiger partial charge in [0.25, 0.3) is 5.91 Å². The molecule has 1 N–H and O–H groups in total. The van der Waals surface area contributed by atoms with Gasteiger partial charge in [-0.2, -0.15) is 8.78 Å². The molecular weight excluding hydrogens is 302 g/mol. The van der Waals surface area contributed by atoms with Crippen LogP contribution in [0.1, 0.15) is 15.2 Å². The molecule has 2 heterocycles. The zero-order valence-electron chi connectivity index (χ0n) is 11.0. The smallest absolute Gasteiger partial charge is 0.387 e. The molecule has 0 radical (unpaired) electrons. The predicted molar refractivity (Wildman–Crippen MR) is 72.9 cm³/mol. The van der Waals surface area contributed by atoms with Crippen LogP contribution >= 0.6 is 11.3 Å². The highest BCUT2D eigenvalue weighted by atomic mass is 32.1. The molecule has 8 heteroatoms. The molecule has 0 unspecified atom stereocenters. The van der Waals surface area contributed by atoms with E-state index in [1.807, 2.05) is 0 Å². The lowest BCUT2D eigenvalue weighted by Crippen LogP contribution is -2.23. The Hall–Kier alpha value is -2.22. The second-order valence-electron chi connectivity index (χ2n) is 3.85. The second-order valence-corrected chi connectivity index (χ2v) is 4.76. The van der Waals surface area contributed by atoms with E-state index in [9.17, 15) is 13.6 Å². The number of carbonyl (C=O) groups is 1. The van der Waals surface area contributed by atoms with Crippen LogP contribution in [0, 0.1) is 0 Å². The maximum atomic E-state index is 12.2. The quantitative estimate of drug-likeness (QED) is 0.890. The Balaban J connectivity index is 2.04. The Bertz CT molecular complexity index is 619. The van der Waals surface area contributed by atoms with Gasteiger partial charge in [-0.15, -0.1) is 11.3 Å². The van der Waals surface area contributed by atoms with Gasteiger partial charge in [-0.05, 0) is 17.5 Å². The topological polar surface area (TPSA) is 60.5 Å². The molecule has 0 aliphatic rings. The molecule has 5 nitrogen and oxygen atoms in total. The molecule has 0 saturated carbocycles. The van der Waals surface area contributed by atoms with Crippen LogP contribution < -0.4 is 14.8 Å². The van der Waals surface area contributed by atoms with Gasteiger partial charge in [0.1, 0.15) is 10.6 Å². The van der Waals surface area contributed by atoms with Gasteiger partial charge in [0.05, 0.1) is 7.11 Å². The van der Waals surface area contributed by atoms with E-state index in [2.05, 4.69) is 15.0 Å². The molecule has 0 aliphatic carbocycles. The van der Waals surface area contributed by atoms with Gasteiger partial charge < -0.3 is 14.8 Å². The van der Waals surface area contributed by atoms with E-state index in [0.29, 0.717) is 11.4 Å². The average molecular weight is 314 g/mol. The number of rotatable bonds is 6. The van der Waals surface area contributed by atoms with Crippen LogP contribution in [0.25, 0.3) is 0 Å². The second kappa shape index (κ2) is 6.98. The number of methoxy groups -OCH3 is 1. The number of hydrogen-bond donors (Lipinski definition) is 1. The number of ether oxygens (including phenoxy) is 2. The maximum Gasteiger partial charge on any atom is 0.387 e. The number of thiophene rings is 1. The van der Waals surface area contributed by atoms with Gasteiger partial charge >= 0.3 is 6.61 Å². The Kier molecular flexibility index (Phi) is 5.04. The monoisotopic (exact) mass is 314 g/mol. The molecule has 2 aromatic rings. The van der Waals surface area contributed by atoms with Crippen molar-refractivity contribution in [3.63, 3.8) is 0 Å². The van der Waals surface area contributed by atoms with Crippen molar-refractivity contribution in [1.29, 1.82) is 0 Å². The summed E-state index contributed by atoms with van der Waals surface area (Å²) in [5, 5.41) is 4.13. The van der Waals surface area contributed by atoms with Gasteiger partial charge in [-0.1, -0.05) is 6.07 Å². The first-order valence-corrected chi connectivity index (χ1v) is 6.78. The minimum Gasteiger partial charge on any atom is -0.481 e. The molecular formula is C13H12F2N2O3S. The first-order chi connectivity index (χ1) is 10.1. The van der Waals surface area contributed by atoms with Crippen LogP contribution in [0.4, 0.5) is 8.78 Å². The van der Waals surface area contributed by atoms with Crippen molar-refractivity contribution in [1.82, 2.24) is 10.3 Å². The molecule has 2 aromatic heterocycles. The molecule has 112 valence electrons. The summed E-state index contributed by atoms with van der Waals surface area (Å²) in [7, 11) is 1.47. The molecule has 1 amide bonds. The van der Waals surface area contributed by atoms with Crippen molar-refractivity contribution in [2.45, 2.75) is 13.2 Å². The zero-order chi connectivity index (χ0) is 15.2. The van der Waals surface area contributed by atoms with Crippen LogP contribution in [-0.2, 0) is 6.54 Å². The SMILES string of the molecule is COc1ncccc1CNC(=O)c1sccc1OC(F)F. The Morgan fingerprint density at radius 3 is 3.00 bits per heavy atom. The van der Waals surface area contributed by atoms with Gasteiger partial charge in [-0.3, -0.25) is 4.79 Å². The van der Waals surface area contributed by atoms with Crippen molar-refractivity contribution in [3.8, 4) is 11.6 Å². The molecule has 0 bridgehead atoms.